The van der Waals surface area contributed by atoms with Crippen LogP contribution in [0.1, 0.15) is 17.1 Å². The van der Waals surface area contributed by atoms with E-state index in [1.807, 2.05) is 24.3 Å². The van der Waals surface area contributed by atoms with Crippen molar-refractivity contribution in [2.45, 2.75) is 24.9 Å². The summed E-state index contributed by atoms with van der Waals surface area (Å²) in [7, 11) is -3.62. The Morgan fingerprint density at radius 2 is 2.05 bits per heavy atom. The van der Waals surface area contributed by atoms with Crippen molar-refractivity contribution in [3.8, 4) is 0 Å². The monoisotopic (exact) mass is 358 g/mol. The molecule has 0 unspecified atom stereocenters. The van der Waals surface area contributed by atoms with Crippen LogP contribution in [0.15, 0.2) is 44.1 Å². The molecule has 0 fully saturated rings. The van der Waals surface area contributed by atoms with Crippen molar-refractivity contribution in [3.63, 3.8) is 0 Å². The minimum atomic E-state index is -3.62. The number of furan rings is 1. The molecule has 1 heterocycles. The fraction of sp³-hybridized carbons (Fsp3) is 0.231. The first-order valence-electron chi connectivity index (χ1n) is 5.96. The molecule has 1 aromatic carbocycles. The Kier molecular flexibility index (Phi) is 4.64. The van der Waals surface area contributed by atoms with E-state index in [-0.39, 0.29) is 18.0 Å². The summed E-state index contributed by atoms with van der Waals surface area (Å²) < 4.78 is 33.2. The SMILES string of the molecule is Cc1oc(CN)cc1S(=O)(=O)NCc1ccccc1Br. The molecule has 2 rings (SSSR count). The van der Waals surface area contributed by atoms with Crippen molar-refractivity contribution in [2.75, 3.05) is 0 Å². The van der Waals surface area contributed by atoms with Crippen LogP contribution in [0.25, 0.3) is 0 Å². The van der Waals surface area contributed by atoms with Gasteiger partial charge in [0.1, 0.15) is 16.4 Å². The fourth-order valence-electron chi connectivity index (χ4n) is 1.78. The van der Waals surface area contributed by atoms with Gasteiger partial charge in [0.25, 0.3) is 0 Å². The highest BCUT2D eigenvalue weighted by atomic mass is 79.9. The van der Waals surface area contributed by atoms with Crippen LogP contribution in [-0.2, 0) is 23.1 Å². The van der Waals surface area contributed by atoms with E-state index in [1.54, 1.807) is 6.92 Å². The topological polar surface area (TPSA) is 85.3 Å². The number of hydrogen-bond acceptors (Lipinski definition) is 4. The molecule has 0 aliphatic carbocycles. The summed E-state index contributed by atoms with van der Waals surface area (Å²) in [5.74, 6) is 0.786. The van der Waals surface area contributed by atoms with E-state index in [0.717, 1.165) is 10.0 Å². The summed E-state index contributed by atoms with van der Waals surface area (Å²) in [5.41, 5.74) is 6.30. The standard InChI is InChI=1S/C13H15BrN2O3S/c1-9-13(6-11(7-15)19-9)20(17,18)16-8-10-4-2-3-5-12(10)14/h2-6,16H,7-8,15H2,1H3. The Morgan fingerprint density at radius 1 is 1.35 bits per heavy atom. The highest BCUT2D eigenvalue weighted by Gasteiger charge is 2.21. The summed E-state index contributed by atoms with van der Waals surface area (Å²) in [4.78, 5) is 0.130. The van der Waals surface area contributed by atoms with E-state index in [4.69, 9.17) is 10.2 Å². The number of nitrogens with one attached hydrogen (secondary N) is 1. The first kappa shape index (κ1) is 15.2. The van der Waals surface area contributed by atoms with Crippen molar-refractivity contribution < 1.29 is 12.8 Å². The average Bonchev–Trinajstić information content (AvgIpc) is 2.80. The lowest BCUT2D eigenvalue weighted by atomic mass is 10.2. The molecule has 0 amide bonds. The van der Waals surface area contributed by atoms with Gasteiger partial charge in [-0.05, 0) is 18.6 Å². The van der Waals surface area contributed by atoms with Gasteiger partial charge in [0.05, 0.1) is 6.54 Å². The molecule has 5 nitrogen and oxygen atoms in total. The molecule has 2 aromatic rings. The minimum absolute atomic E-state index is 0.130. The van der Waals surface area contributed by atoms with Gasteiger partial charge in [0.15, 0.2) is 0 Å². The lowest BCUT2D eigenvalue weighted by Crippen LogP contribution is -2.23. The largest absolute Gasteiger partial charge is 0.464 e. The van der Waals surface area contributed by atoms with Gasteiger partial charge in [0.2, 0.25) is 10.0 Å². The molecule has 20 heavy (non-hydrogen) atoms. The van der Waals surface area contributed by atoms with Gasteiger partial charge in [0, 0.05) is 17.1 Å². The third kappa shape index (κ3) is 3.29. The van der Waals surface area contributed by atoms with Crippen molar-refractivity contribution in [2.24, 2.45) is 5.73 Å². The third-order valence-corrected chi connectivity index (χ3v) is 5.11. The Morgan fingerprint density at radius 3 is 2.65 bits per heavy atom. The van der Waals surface area contributed by atoms with Crippen LogP contribution in [0.5, 0.6) is 0 Å². The molecule has 1 aromatic heterocycles. The van der Waals surface area contributed by atoms with Gasteiger partial charge >= 0.3 is 0 Å². The second-order valence-electron chi connectivity index (χ2n) is 4.25. The molecular formula is C13H15BrN2O3S. The van der Waals surface area contributed by atoms with E-state index in [2.05, 4.69) is 20.7 Å². The van der Waals surface area contributed by atoms with Crippen LogP contribution in [-0.4, -0.2) is 8.42 Å². The molecule has 0 saturated carbocycles. The number of sulfonamides is 1. The number of nitrogens with two attached hydrogens (primary N) is 1. The molecule has 108 valence electrons. The molecule has 3 N–H and O–H groups in total. The van der Waals surface area contributed by atoms with Gasteiger partial charge < -0.3 is 10.2 Å². The second kappa shape index (κ2) is 6.09. The number of aryl methyl sites for hydroxylation is 1. The van der Waals surface area contributed by atoms with Crippen molar-refractivity contribution >= 4 is 26.0 Å². The van der Waals surface area contributed by atoms with Crippen molar-refractivity contribution in [1.82, 2.24) is 4.72 Å². The predicted octanol–water partition coefficient (Wildman–Crippen LogP) is 2.29. The zero-order valence-electron chi connectivity index (χ0n) is 10.9. The van der Waals surface area contributed by atoms with E-state index < -0.39 is 10.0 Å². The Hall–Kier alpha value is -1.15. The maximum Gasteiger partial charge on any atom is 0.244 e. The smallest absolute Gasteiger partial charge is 0.244 e. The number of rotatable bonds is 5. The summed E-state index contributed by atoms with van der Waals surface area (Å²) in [5, 5.41) is 0. The average molecular weight is 359 g/mol. The lowest BCUT2D eigenvalue weighted by molar-refractivity contribution is 0.478. The molecule has 0 atom stereocenters. The molecule has 0 radical (unpaired) electrons. The fourth-order valence-corrected chi connectivity index (χ4v) is 3.42. The molecule has 0 aliphatic heterocycles. The van der Waals surface area contributed by atoms with E-state index in [1.165, 1.54) is 6.07 Å². The van der Waals surface area contributed by atoms with Crippen LogP contribution >= 0.6 is 15.9 Å². The molecule has 0 aliphatic rings. The van der Waals surface area contributed by atoms with Gasteiger partial charge in [-0.3, -0.25) is 0 Å². The van der Waals surface area contributed by atoms with E-state index in [9.17, 15) is 8.42 Å². The summed E-state index contributed by atoms with van der Waals surface area (Å²) in [6.07, 6.45) is 0. The van der Waals surface area contributed by atoms with Crippen LogP contribution in [0.4, 0.5) is 0 Å². The Labute approximate surface area is 126 Å². The Balaban J connectivity index is 2.19. The van der Waals surface area contributed by atoms with Gasteiger partial charge in [-0.15, -0.1) is 0 Å². The molecule has 0 bridgehead atoms. The molecule has 0 saturated heterocycles. The van der Waals surface area contributed by atoms with Crippen LogP contribution in [0.2, 0.25) is 0 Å². The molecule has 0 spiro atoms. The first-order valence-corrected chi connectivity index (χ1v) is 8.24. The normalized spacial score (nSPS) is 11.8. The quantitative estimate of drug-likeness (QED) is 0.858. The number of halogens is 1. The zero-order valence-corrected chi connectivity index (χ0v) is 13.3. The van der Waals surface area contributed by atoms with Gasteiger partial charge in [-0.1, -0.05) is 34.1 Å². The summed E-state index contributed by atoms with van der Waals surface area (Å²) in [6, 6.07) is 8.89. The lowest BCUT2D eigenvalue weighted by Gasteiger charge is -2.07. The summed E-state index contributed by atoms with van der Waals surface area (Å²) in [6.45, 7) is 1.97. The van der Waals surface area contributed by atoms with Crippen molar-refractivity contribution in [1.29, 1.82) is 0 Å². The predicted molar refractivity (Wildman–Crippen MR) is 79.5 cm³/mol. The second-order valence-corrected chi connectivity index (χ2v) is 6.84. The highest BCUT2D eigenvalue weighted by molar-refractivity contribution is 9.10. The maximum atomic E-state index is 12.2. The summed E-state index contributed by atoms with van der Waals surface area (Å²) >= 11 is 3.38. The maximum absolute atomic E-state index is 12.2. The molecule has 7 heteroatoms. The zero-order chi connectivity index (χ0) is 14.8. The number of hydrogen-bond donors (Lipinski definition) is 2. The third-order valence-electron chi connectivity index (χ3n) is 2.82. The van der Waals surface area contributed by atoms with Crippen LogP contribution < -0.4 is 10.5 Å². The van der Waals surface area contributed by atoms with Crippen LogP contribution in [0.3, 0.4) is 0 Å². The molecular weight excluding hydrogens is 344 g/mol. The Bertz CT molecular complexity index is 710. The minimum Gasteiger partial charge on any atom is -0.464 e. The van der Waals surface area contributed by atoms with E-state index >= 15 is 0 Å². The van der Waals surface area contributed by atoms with Crippen LogP contribution in [0, 0.1) is 6.92 Å². The number of benzene rings is 1. The first-order chi connectivity index (χ1) is 9.44. The van der Waals surface area contributed by atoms with Gasteiger partial charge in [-0.2, -0.15) is 0 Å². The highest BCUT2D eigenvalue weighted by Crippen LogP contribution is 2.21. The van der Waals surface area contributed by atoms with Crippen molar-refractivity contribution in [3.05, 3.63) is 51.9 Å². The van der Waals surface area contributed by atoms with Gasteiger partial charge in [-0.25, -0.2) is 13.1 Å². The van der Waals surface area contributed by atoms with E-state index in [0.29, 0.717) is 11.5 Å².